The summed E-state index contributed by atoms with van der Waals surface area (Å²) in [4.78, 5) is 19.9. The van der Waals surface area contributed by atoms with Gasteiger partial charge >= 0.3 is 5.97 Å². The molecule has 1 heterocycles. The summed E-state index contributed by atoms with van der Waals surface area (Å²) in [5.74, 6) is 0.0559. The number of nitrogens with zero attached hydrogens (tertiary/aromatic N) is 2. The van der Waals surface area contributed by atoms with Gasteiger partial charge in [-0.25, -0.2) is 9.78 Å². The molecule has 0 radical (unpaired) electrons. The van der Waals surface area contributed by atoms with Gasteiger partial charge in [0.05, 0.1) is 7.11 Å². The van der Waals surface area contributed by atoms with Gasteiger partial charge in [-0.15, -0.1) is 0 Å². The Morgan fingerprint density at radius 1 is 1.08 bits per heavy atom. The first-order chi connectivity index (χ1) is 12.1. The number of carbonyl (C=O) groups is 1. The van der Waals surface area contributed by atoms with Gasteiger partial charge in [0, 0.05) is 11.8 Å². The molecular weight excluding hydrogens is 320 g/mol. The van der Waals surface area contributed by atoms with Gasteiger partial charge in [0.15, 0.2) is 17.3 Å². The minimum atomic E-state index is -1.17. The molecule has 0 spiro atoms. The number of hydrogen-bond acceptors (Lipinski definition) is 5. The molecule has 0 fully saturated rings. The summed E-state index contributed by atoms with van der Waals surface area (Å²) in [6.07, 6.45) is 1.24. The zero-order valence-corrected chi connectivity index (χ0v) is 13.8. The second-order valence-corrected chi connectivity index (χ2v) is 5.34. The van der Waals surface area contributed by atoms with Crippen LogP contribution in [0.5, 0.6) is 17.4 Å². The fourth-order valence-electron chi connectivity index (χ4n) is 2.28. The van der Waals surface area contributed by atoms with E-state index in [1.54, 1.807) is 12.1 Å². The zero-order chi connectivity index (χ0) is 17.8. The Balaban J connectivity index is 2.06. The van der Waals surface area contributed by atoms with E-state index in [0.717, 1.165) is 11.1 Å². The molecule has 0 saturated carbocycles. The van der Waals surface area contributed by atoms with E-state index < -0.39 is 5.97 Å². The molecule has 25 heavy (non-hydrogen) atoms. The third kappa shape index (κ3) is 3.58. The number of aromatic nitrogens is 2. The number of aromatic carboxylic acids is 1. The molecule has 126 valence electrons. The first-order valence-corrected chi connectivity index (χ1v) is 7.56. The van der Waals surface area contributed by atoms with Crippen LogP contribution in [-0.2, 0) is 0 Å². The lowest BCUT2D eigenvalue weighted by Gasteiger charge is -2.12. The normalized spacial score (nSPS) is 10.3. The number of methoxy groups -OCH3 is 1. The lowest BCUT2D eigenvalue weighted by Crippen LogP contribution is -2.05. The van der Waals surface area contributed by atoms with Crippen molar-refractivity contribution in [1.29, 1.82) is 0 Å². The van der Waals surface area contributed by atoms with Gasteiger partial charge in [-0.2, -0.15) is 4.98 Å². The number of carboxylic acid groups (broad SMARTS) is 1. The molecule has 0 unspecified atom stereocenters. The molecular formula is C19H16N2O4. The van der Waals surface area contributed by atoms with Gasteiger partial charge in [0.2, 0.25) is 5.88 Å². The van der Waals surface area contributed by atoms with Crippen LogP contribution in [0.1, 0.15) is 15.9 Å². The summed E-state index contributed by atoms with van der Waals surface area (Å²) in [6.45, 7) is 1.92. The van der Waals surface area contributed by atoms with Gasteiger partial charge in [-0.1, -0.05) is 36.4 Å². The van der Waals surface area contributed by atoms with E-state index in [1.807, 2.05) is 43.3 Å². The molecule has 0 bridgehead atoms. The maximum atomic E-state index is 11.5. The molecule has 3 aromatic rings. The predicted molar refractivity (Wildman–Crippen MR) is 92.2 cm³/mol. The van der Waals surface area contributed by atoms with Crippen molar-refractivity contribution in [3.05, 3.63) is 65.9 Å². The maximum Gasteiger partial charge on any atom is 0.342 e. The predicted octanol–water partition coefficient (Wildman–Crippen LogP) is 3.95. The third-order valence-corrected chi connectivity index (χ3v) is 3.54. The van der Waals surface area contributed by atoms with Crippen LogP contribution in [0.4, 0.5) is 0 Å². The largest absolute Gasteiger partial charge is 0.493 e. The van der Waals surface area contributed by atoms with Crippen LogP contribution in [0, 0.1) is 6.92 Å². The van der Waals surface area contributed by atoms with Crippen LogP contribution >= 0.6 is 0 Å². The molecule has 3 rings (SSSR count). The van der Waals surface area contributed by atoms with Crippen molar-refractivity contribution < 1.29 is 19.4 Å². The second kappa shape index (κ2) is 7.00. The third-order valence-electron chi connectivity index (χ3n) is 3.54. The molecule has 0 aliphatic rings. The monoisotopic (exact) mass is 336 g/mol. The highest BCUT2D eigenvalue weighted by atomic mass is 16.5. The Labute approximate surface area is 144 Å². The fourth-order valence-corrected chi connectivity index (χ4v) is 2.28. The minimum Gasteiger partial charge on any atom is -0.493 e. The summed E-state index contributed by atoms with van der Waals surface area (Å²) < 4.78 is 11.1. The number of ether oxygens (including phenoxy) is 2. The summed E-state index contributed by atoms with van der Waals surface area (Å²) >= 11 is 0. The quantitative estimate of drug-likeness (QED) is 0.760. The highest BCUT2D eigenvalue weighted by molar-refractivity contribution is 5.90. The average molecular weight is 336 g/mol. The molecule has 6 heteroatoms. The molecule has 1 aromatic heterocycles. The molecule has 1 N–H and O–H groups in total. The number of carboxylic acids is 1. The minimum absolute atomic E-state index is 0.0384. The summed E-state index contributed by atoms with van der Waals surface area (Å²) in [7, 11) is 1.52. The molecule has 6 nitrogen and oxygen atoms in total. The number of hydrogen-bond donors (Lipinski definition) is 1. The van der Waals surface area contributed by atoms with Gasteiger partial charge in [-0.3, -0.25) is 0 Å². The van der Waals surface area contributed by atoms with E-state index in [0.29, 0.717) is 17.3 Å². The van der Waals surface area contributed by atoms with Crippen LogP contribution in [-0.4, -0.2) is 28.2 Å². The van der Waals surface area contributed by atoms with Crippen LogP contribution in [0.25, 0.3) is 11.4 Å². The van der Waals surface area contributed by atoms with Crippen molar-refractivity contribution in [2.75, 3.05) is 7.11 Å². The Morgan fingerprint density at radius 2 is 1.84 bits per heavy atom. The molecule has 0 atom stereocenters. The lowest BCUT2D eigenvalue weighted by molar-refractivity contribution is 0.0692. The van der Waals surface area contributed by atoms with Crippen molar-refractivity contribution in [3.8, 4) is 28.8 Å². The van der Waals surface area contributed by atoms with E-state index in [2.05, 4.69) is 9.97 Å². The highest BCUT2D eigenvalue weighted by Gasteiger charge is 2.18. The van der Waals surface area contributed by atoms with Crippen molar-refractivity contribution in [1.82, 2.24) is 9.97 Å². The smallest absolute Gasteiger partial charge is 0.342 e. The molecule has 0 aliphatic heterocycles. The Bertz CT molecular complexity index is 911. The number of benzene rings is 2. The molecule has 0 saturated heterocycles. The van der Waals surface area contributed by atoms with Gasteiger partial charge in [0.1, 0.15) is 5.56 Å². The molecule has 2 aromatic carbocycles. The van der Waals surface area contributed by atoms with Crippen LogP contribution in [0.3, 0.4) is 0 Å². The number of rotatable bonds is 5. The van der Waals surface area contributed by atoms with E-state index in [1.165, 1.54) is 13.3 Å². The van der Waals surface area contributed by atoms with E-state index in [4.69, 9.17) is 9.47 Å². The summed E-state index contributed by atoms with van der Waals surface area (Å²) in [5.41, 5.74) is 1.64. The van der Waals surface area contributed by atoms with Crippen molar-refractivity contribution >= 4 is 5.97 Å². The Kier molecular flexibility index (Phi) is 4.61. The first-order valence-electron chi connectivity index (χ1n) is 7.56. The molecule has 0 aliphatic carbocycles. The van der Waals surface area contributed by atoms with Crippen LogP contribution < -0.4 is 9.47 Å². The van der Waals surface area contributed by atoms with Crippen molar-refractivity contribution in [3.63, 3.8) is 0 Å². The topological polar surface area (TPSA) is 81.5 Å². The van der Waals surface area contributed by atoms with Crippen molar-refractivity contribution in [2.45, 2.75) is 6.92 Å². The van der Waals surface area contributed by atoms with Crippen LogP contribution in [0.15, 0.2) is 54.7 Å². The van der Waals surface area contributed by atoms with Crippen molar-refractivity contribution in [2.24, 2.45) is 0 Å². The van der Waals surface area contributed by atoms with Gasteiger partial charge in [0.25, 0.3) is 0 Å². The number of aryl methyl sites for hydroxylation is 1. The molecule has 0 amide bonds. The van der Waals surface area contributed by atoms with E-state index >= 15 is 0 Å². The Hall–Kier alpha value is -3.41. The highest BCUT2D eigenvalue weighted by Crippen LogP contribution is 2.33. The second-order valence-electron chi connectivity index (χ2n) is 5.34. The average Bonchev–Trinajstić information content (AvgIpc) is 2.63. The lowest BCUT2D eigenvalue weighted by atomic mass is 10.2. The maximum absolute atomic E-state index is 11.5. The van der Waals surface area contributed by atoms with Gasteiger partial charge < -0.3 is 14.6 Å². The van der Waals surface area contributed by atoms with E-state index in [-0.39, 0.29) is 11.4 Å². The Morgan fingerprint density at radius 3 is 2.52 bits per heavy atom. The fraction of sp³-hybridized carbons (Fsp3) is 0.105. The van der Waals surface area contributed by atoms with Gasteiger partial charge in [-0.05, 0) is 24.6 Å². The SMILES string of the molecule is COc1cc(C)ccc1Oc1nc(-c2ccccc2)ncc1C(=O)O. The first kappa shape index (κ1) is 16.4. The standard InChI is InChI=1S/C19H16N2O4/c1-12-8-9-15(16(10-12)24-2)25-18-14(19(22)23)11-20-17(21-18)13-6-4-3-5-7-13/h3-11H,1-2H3,(H,22,23). The van der Waals surface area contributed by atoms with Crippen LogP contribution in [0.2, 0.25) is 0 Å². The van der Waals surface area contributed by atoms with E-state index in [9.17, 15) is 9.90 Å². The zero-order valence-electron chi connectivity index (χ0n) is 13.8. The summed E-state index contributed by atoms with van der Waals surface area (Å²) in [6, 6.07) is 14.6. The summed E-state index contributed by atoms with van der Waals surface area (Å²) in [5, 5.41) is 9.38.